The number of allylic oxidation sites excluding steroid dienone is 1. The molecule has 54 heavy (non-hydrogen) atoms. The Kier molecular flexibility index (Phi) is 10.6. The molecule has 3 fully saturated rings. The summed E-state index contributed by atoms with van der Waals surface area (Å²) in [7, 11) is 0. The number of ether oxygens (including phenoxy) is 2. The second kappa shape index (κ2) is 15.2. The molecule has 4 heterocycles. The monoisotopic (exact) mass is 751 g/mol. The summed E-state index contributed by atoms with van der Waals surface area (Å²) >= 11 is 0. The molecule has 3 aromatic rings. The number of halogens is 5. The van der Waals surface area contributed by atoms with Crippen LogP contribution in [0.15, 0.2) is 36.9 Å². The lowest BCUT2D eigenvalue weighted by Crippen LogP contribution is -2.62. The average Bonchev–Trinajstić information content (AvgIpc) is 3.35. The van der Waals surface area contributed by atoms with Gasteiger partial charge in [0, 0.05) is 62.3 Å². The maximum Gasteiger partial charge on any atom is 0.410 e. The topological polar surface area (TPSA) is 100 Å². The van der Waals surface area contributed by atoms with Crippen molar-refractivity contribution in [3.63, 3.8) is 0 Å². The molecule has 1 aliphatic carbocycles. The number of nitrogens with zero attached hydrogens (tertiary/aromatic N) is 4. The highest BCUT2D eigenvalue weighted by Gasteiger charge is 2.65. The van der Waals surface area contributed by atoms with Gasteiger partial charge in [-0.2, -0.15) is 23.1 Å². The van der Waals surface area contributed by atoms with E-state index >= 15 is 17.6 Å². The van der Waals surface area contributed by atoms with E-state index in [2.05, 4.69) is 22.8 Å². The molecule has 7 rings (SSSR count). The van der Waals surface area contributed by atoms with Gasteiger partial charge in [-0.05, 0) is 91.8 Å². The molecule has 1 unspecified atom stereocenters. The number of nitrogens with one attached hydrogen (secondary N) is 1. The second-order valence-electron chi connectivity index (χ2n) is 14.5. The number of benzene rings is 2. The largest absolute Gasteiger partial charge is 0.508 e. The smallest absolute Gasteiger partial charge is 0.410 e. The van der Waals surface area contributed by atoms with Crippen LogP contribution in [0.4, 0.5) is 27.8 Å². The highest BCUT2D eigenvalue weighted by Crippen LogP contribution is 2.47. The Morgan fingerprint density at radius 1 is 1.17 bits per heavy atom. The molecule has 1 aromatic heterocycles. The van der Waals surface area contributed by atoms with Gasteiger partial charge in [0.05, 0.1) is 11.3 Å². The van der Waals surface area contributed by atoms with E-state index in [1.807, 2.05) is 4.90 Å². The van der Waals surface area contributed by atoms with Crippen molar-refractivity contribution in [1.29, 1.82) is 0 Å². The van der Waals surface area contributed by atoms with Crippen LogP contribution in [-0.4, -0.2) is 95.3 Å². The van der Waals surface area contributed by atoms with E-state index < -0.39 is 42.8 Å². The summed E-state index contributed by atoms with van der Waals surface area (Å²) in [5.41, 5.74) is -0.327. The van der Waals surface area contributed by atoms with E-state index in [0.717, 1.165) is 12.8 Å². The van der Waals surface area contributed by atoms with Crippen molar-refractivity contribution in [1.82, 2.24) is 20.2 Å². The molecule has 3 aliphatic heterocycles. The number of aromatic nitrogens is 2. The van der Waals surface area contributed by atoms with Crippen LogP contribution in [0.25, 0.3) is 22.4 Å². The minimum atomic E-state index is -4.84. The molecule has 0 radical (unpaired) electrons. The lowest BCUT2D eigenvalue weighted by Gasteiger charge is -2.44. The van der Waals surface area contributed by atoms with Crippen molar-refractivity contribution in [3.05, 3.63) is 65.1 Å². The van der Waals surface area contributed by atoms with Crippen molar-refractivity contribution in [2.45, 2.75) is 81.3 Å². The lowest BCUT2D eigenvalue weighted by molar-refractivity contribution is -0.241. The van der Waals surface area contributed by atoms with Gasteiger partial charge in [0.2, 0.25) is 5.91 Å². The Bertz CT molecular complexity index is 2010. The van der Waals surface area contributed by atoms with Gasteiger partial charge < -0.3 is 24.8 Å². The Morgan fingerprint density at radius 2 is 1.96 bits per heavy atom. The molecule has 1 amide bonds. The van der Waals surface area contributed by atoms with Gasteiger partial charge in [0.15, 0.2) is 5.54 Å². The molecule has 0 spiro atoms. The predicted molar refractivity (Wildman–Crippen MR) is 194 cm³/mol. The van der Waals surface area contributed by atoms with Gasteiger partial charge in [-0.1, -0.05) is 18.6 Å². The van der Waals surface area contributed by atoms with Crippen LogP contribution in [0.1, 0.15) is 67.3 Å². The predicted octanol–water partition coefficient (Wildman–Crippen LogP) is 6.51. The number of phenols is 1. The molecular weight excluding hydrogens is 709 g/mol. The minimum absolute atomic E-state index is 0.0352. The van der Waals surface area contributed by atoms with Crippen molar-refractivity contribution >= 4 is 34.1 Å². The van der Waals surface area contributed by atoms with E-state index in [-0.39, 0.29) is 49.0 Å². The zero-order chi connectivity index (χ0) is 38.2. The first kappa shape index (κ1) is 37.6. The van der Waals surface area contributed by atoms with Crippen LogP contribution in [0.5, 0.6) is 11.8 Å². The molecule has 4 aliphatic rings. The van der Waals surface area contributed by atoms with Crippen LogP contribution >= 0.6 is 0 Å². The van der Waals surface area contributed by atoms with Crippen LogP contribution < -0.4 is 15.0 Å². The van der Waals surface area contributed by atoms with E-state index in [9.17, 15) is 14.3 Å². The molecular formula is C40H42F5N5O4. The van der Waals surface area contributed by atoms with Gasteiger partial charge in [-0.25, -0.2) is 8.78 Å². The number of terminal acetylenes is 1. The number of fused-ring (bicyclic) bond motifs is 2. The van der Waals surface area contributed by atoms with Gasteiger partial charge in [0.1, 0.15) is 30.2 Å². The van der Waals surface area contributed by atoms with E-state index in [0.29, 0.717) is 84.2 Å². The van der Waals surface area contributed by atoms with Gasteiger partial charge in [0.25, 0.3) is 0 Å². The quantitative estimate of drug-likeness (QED) is 0.153. The van der Waals surface area contributed by atoms with Crippen molar-refractivity contribution in [2.75, 3.05) is 44.4 Å². The fourth-order valence-electron chi connectivity index (χ4n) is 8.51. The molecule has 14 heteroatoms. The van der Waals surface area contributed by atoms with E-state index in [4.69, 9.17) is 20.9 Å². The van der Waals surface area contributed by atoms with Crippen LogP contribution in [0.2, 0.25) is 0 Å². The first-order chi connectivity index (χ1) is 25.9. The summed E-state index contributed by atoms with van der Waals surface area (Å²) in [4.78, 5) is 24.8. The summed E-state index contributed by atoms with van der Waals surface area (Å²) < 4.78 is 86.9. The number of likely N-dealkylation sites (tertiary alicyclic amines) is 1. The summed E-state index contributed by atoms with van der Waals surface area (Å²) in [5.74, 6) is 1.92. The summed E-state index contributed by atoms with van der Waals surface area (Å²) in [6, 6.07) is 4.67. The van der Waals surface area contributed by atoms with Gasteiger partial charge in [-0.15, -0.1) is 6.42 Å². The van der Waals surface area contributed by atoms with E-state index in [1.54, 1.807) is 6.08 Å². The summed E-state index contributed by atoms with van der Waals surface area (Å²) in [6.45, 7) is 3.74. The third kappa shape index (κ3) is 7.23. The number of hydrogen-bond acceptors (Lipinski definition) is 8. The molecule has 0 bridgehead atoms. The zero-order valence-corrected chi connectivity index (χ0v) is 29.7. The highest BCUT2D eigenvalue weighted by molar-refractivity contribution is 6.02. The standard InChI is InChI=1S/C40H42F5N5O4/c1-3-30-33(42)11-9-25-17-29(51)19-32(36(25)30)24-8-10-31-34(18-24)47-38(48-37(31)49-14-6-5-7-27(22-49)46-35(52)4-2)54-23-39(40(43,44)45)20-26(41)21-50(39)28-12-15-53-16-13-28/h1,4,9,11,17-19,26-28,51H,2,5-8,10,12-16,20-23H2,(H,46,52)/t26-,27?,39+/m1/s1. The molecule has 9 nitrogen and oxygen atoms in total. The lowest BCUT2D eigenvalue weighted by atomic mass is 9.87. The minimum Gasteiger partial charge on any atom is -0.508 e. The number of hydrogen-bond donors (Lipinski definition) is 2. The number of rotatable bonds is 8. The van der Waals surface area contributed by atoms with Crippen molar-refractivity contribution in [3.8, 4) is 24.1 Å². The fraction of sp³-hybridized carbons (Fsp3) is 0.475. The molecule has 3 atom stereocenters. The summed E-state index contributed by atoms with van der Waals surface area (Å²) in [6.07, 6.45) is 5.13. The SMILES string of the molecule is C#Cc1c(F)ccc2cc(O)cc(C3=Cc4nc(OC[C@]5(C(F)(F)F)C[C@@H](F)CN5C5CCOCC5)nc(N5CCCCC(NC(=O)C=C)C5)c4CC3)c12. The Morgan fingerprint density at radius 3 is 2.70 bits per heavy atom. The van der Waals surface area contributed by atoms with Crippen LogP contribution in [-0.2, 0) is 16.0 Å². The number of carbonyl (C=O) groups excluding carboxylic acids is 1. The number of carbonyl (C=O) groups is 1. The average molecular weight is 752 g/mol. The fourth-order valence-corrected chi connectivity index (χ4v) is 8.51. The van der Waals surface area contributed by atoms with Crippen LogP contribution in [0, 0.1) is 18.2 Å². The Balaban J connectivity index is 1.32. The molecule has 2 N–H and O–H groups in total. The first-order valence-electron chi connectivity index (χ1n) is 18.3. The van der Waals surface area contributed by atoms with Crippen molar-refractivity contribution in [2.24, 2.45) is 0 Å². The van der Waals surface area contributed by atoms with Gasteiger partial charge >= 0.3 is 12.2 Å². The molecule has 286 valence electrons. The Labute approximate surface area is 310 Å². The third-order valence-electron chi connectivity index (χ3n) is 11.1. The highest BCUT2D eigenvalue weighted by atomic mass is 19.4. The first-order valence-corrected chi connectivity index (χ1v) is 18.3. The zero-order valence-electron chi connectivity index (χ0n) is 29.7. The van der Waals surface area contributed by atoms with Gasteiger partial charge in [-0.3, -0.25) is 9.69 Å². The molecule has 3 saturated heterocycles. The number of alkyl halides is 4. The van der Waals surface area contributed by atoms with Crippen molar-refractivity contribution < 1.29 is 41.3 Å². The number of phenolic OH excluding ortho intramolecular Hbond substituents is 1. The third-order valence-corrected chi connectivity index (χ3v) is 11.1. The maximum absolute atomic E-state index is 15.2. The number of amides is 1. The second-order valence-corrected chi connectivity index (χ2v) is 14.5. The summed E-state index contributed by atoms with van der Waals surface area (Å²) in [5, 5.41) is 14.6. The molecule has 0 saturated carbocycles. The normalized spacial score (nSPS) is 24.0. The van der Waals surface area contributed by atoms with E-state index in [1.165, 1.54) is 35.2 Å². The Hall–Kier alpha value is -4.74. The van der Waals surface area contributed by atoms with Crippen LogP contribution in [0.3, 0.4) is 0 Å². The number of anilines is 1. The maximum atomic E-state index is 15.2. The number of aromatic hydroxyl groups is 1. The molecule has 2 aromatic carbocycles.